The van der Waals surface area contributed by atoms with E-state index >= 15 is 0 Å². The van der Waals surface area contributed by atoms with Crippen LogP contribution in [-0.4, -0.2) is 108 Å². The van der Waals surface area contributed by atoms with Gasteiger partial charge in [-0.15, -0.1) is 0 Å². The minimum Gasteiger partial charge on any atom is -0.489 e. The van der Waals surface area contributed by atoms with Crippen molar-refractivity contribution in [3.63, 3.8) is 0 Å². The van der Waals surface area contributed by atoms with Gasteiger partial charge in [0.25, 0.3) is 0 Å². The van der Waals surface area contributed by atoms with E-state index in [-0.39, 0.29) is 103 Å². The number of ether oxygens (including phenoxy) is 8. The van der Waals surface area contributed by atoms with Gasteiger partial charge in [0.05, 0.1) is 67.8 Å². The fourth-order valence-corrected chi connectivity index (χ4v) is 21.7. The third kappa shape index (κ3) is 14.1. The Hall–Kier alpha value is -16.3. The maximum absolute atomic E-state index is 11.7. The summed E-state index contributed by atoms with van der Waals surface area (Å²) in [6.07, 6.45) is 14.9. The first-order valence-electron chi connectivity index (χ1n) is 46.2. The molecule has 4 fully saturated rings. The molecule has 8 aliphatic heterocycles. The number of carbonyl (C=O) groups is 4. The van der Waals surface area contributed by atoms with Gasteiger partial charge in [0.15, 0.2) is 0 Å². The van der Waals surface area contributed by atoms with Crippen molar-refractivity contribution < 1.29 is 57.1 Å². The number of amides is 4. The number of hydrogen-bond donors (Lipinski definition) is 8. The lowest BCUT2D eigenvalue weighted by Crippen LogP contribution is -2.20. The minimum absolute atomic E-state index is 0. The maximum Gasteiger partial charge on any atom is 0.225 e. The van der Waals surface area contributed by atoms with Gasteiger partial charge in [-0.05, 0) is 232 Å². The summed E-state index contributed by atoms with van der Waals surface area (Å²) >= 11 is 0. The van der Waals surface area contributed by atoms with Crippen molar-refractivity contribution in [2.75, 3.05) is 21.3 Å². The van der Waals surface area contributed by atoms with Gasteiger partial charge in [-0.25, -0.2) is 39.9 Å². The van der Waals surface area contributed by atoms with Crippen molar-refractivity contribution in [3.05, 3.63) is 309 Å². The van der Waals surface area contributed by atoms with Crippen molar-refractivity contribution in [2.24, 2.45) is 0 Å². The fourth-order valence-electron chi connectivity index (χ4n) is 21.7. The molecule has 28 heteroatoms. The van der Waals surface area contributed by atoms with Crippen LogP contribution in [0.3, 0.4) is 0 Å². The number of aromatic nitrogens is 12. The molecule has 16 heterocycles. The number of nitrogens with one attached hydrogen (secondary N) is 8. The van der Waals surface area contributed by atoms with Crippen molar-refractivity contribution >= 4 is 91.0 Å². The lowest BCUT2D eigenvalue weighted by atomic mass is 10.1. The molecule has 13 aliphatic rings. The predicted molar refractivity (Wildman–Crippen MR) is 508 cm³/mol. The molecule has 8 aromatic heterocycles. The molecule has 0 radical (unpaired) electrons. The number of imidazole rings is 4. The number of aryl methyl sites for hydroxylation is 4. The number of benzene rings is 9. The van der Waals surface area contributed by atoms with Crippen LogP contribution in [0.5, 0.6) is 69.0 Å². The number of anilines is 4. The van der Waals surface area contributed by atoms with Gasteiger partial charge >= 0.3 is 0 Å². The van der Waals surface area contributed by atoms with Crippen LogP contribution in [0, 0.1) is 13.8 Å². The molecular formula is C108H88N16O12. The monoisotopic (exact) mass is 1800 g/mol. The lowest BCUT2D eigenvalue weighted by molar-refractivity contribution is -0.117. The molecule has 0 spiro atoms. The van der Waals surface area contributed by atoms with Gasteiger partial charge in [-0.3, -0.25) is 19.2 Å². The van der Waals surface area contributed by atoms with E-state index in [1.807, 2.05) is 84.9 Å². The Kier molecular flexibility index (Phi) is 18.6. The largest absolute Gasteiger partial charge is 0.489 e. The van der Waals surface area contributed by atoms with Crippen LogP contribution >= 0.6 is 0 Å². The quantitative estimate of drug-likeness (QED) is 0.0531. The standard InChI is InChI=1S/C30H22N4O3.C27H22N4O3.2C25H20N4O3.CH4/c35-25-11-8-19-24(12-13-31-29(19)34-25)36-18-7-10-23-20(15-18)26-27(28(26)37-23)30-32-21-9-6-17(14-22(21)33-30)16-4-2-1-3-5-16;32-22-7-5-16-21(8-9-28-26(16)31-22)33-15-4-6-20-17(12-15)23-24(25(23)34-20)27-29-18-10-13-2-1-3-14(13)11-19(18)30-27;1-12-2-5-16-17(10-12)28-25(27-16)22-21-15-11-13(3-6-18(15)32-23(21)22)31-19-8-9-26-24-14(19)4-7-20(30)29-24;1-12-3-2-4-16-22(12)29-25(27-16)21-20-15-11-13(5-7-17(15)32-23(20)21)31-18-9-10-26-24-14(18)6-8-19(30)28-24;/h1-7,9-10,12-15,26-28H,8,11H2,(H,32,33)(H,31,34,35);4,6,8-12,23-25H,1-3,5,7H2,(H,29,30)(H,28,31,32);2-3,5-6,8-11,21-23H,4,7H2,1H3,(H,27,28)(H,26,29,30);2-5,7,9-11,20-21,23H,6,8H2,1H3,(H,27,29)(H,26,28,30);1H4. The number of rotatable bonds is 13. The molecule has 8 N–H and O–H groups in total. The normalized spacial score (nSPS) is 22.2. The first-order valence-corrected chi connectivity index (χ1v) is 46.2. The van der Waals surface area contributed by atoms with E-state index in [4.69, 9.17) is 57.8 Å². The van der Waals surface area contributed by atoms with Crippen LogP contribution in [0.1, 0.15) is 177 Å². The van der Waals surface area contributed by atoms with E-state index in [0.717, 1.165) is 182 Å². The molecular weight excluding hydrogens is 1710 g/mol. The highest BCUT2D eigenvalue weighted by Gasteiger charge is 2.64. The summed E-state index contributed by atoms with van der Waals surface area (Å²) in [5.41, 5.74) is 24.4. The average Bonchev–Trinajstić information content (AvgIpc) is 1.55. The van der Waals surface area contributed by atoms with Crippen molar-refractivity contribution in [1.82, 2.24) is 59.8 Å². The molecule has 9 aromatic carbocycles. The Morgan fingerprint density at radius 3 is 1.09 bits per heavy atom. The van der Waals surface area contributed by atoms with E-state index in [2.05, 4.69) is 184 Å². The third-order valence-electron chi connectivity index (χ3n) is 28.6. The van der Waals surface area contributed by atoms with E-state index < -0.39 is 0 Å². The van der Waals surface area contributed by atoms with Crippen molar-refractivity contribution in [3.8, 4) is 80.1 Å². The van der Waals surface area contributed by atoms with Gasteiger partial charge in [-0.1, -0.05) is 62.0 Å². The Morgan fingerprint density at radius 2 is 0.676 bits per heavy atom. The molecule has 12 atom stereocenters. The van der Waals surface area contributed by atoms with Gasteiger partial charge in [-0.2, -0.15) is 0 Å². The number of hydrogen-bond acceptors (Lipinski definition) is 20. The van der Waals surface area contributed by atoms with Gasteiger partial charge in [0, 0.05) is 119 Å². The van der Waals surface area contributed by atoms with Gasteiger partial charge in [0.2, 0.25) is 23.6 Å². The molecule has 4 saturated carbocycles. The second-order valence-electron chi connectivity index (χ2n) is 37.1. The molecule has 5 aliphatic carbocycles. The number of H-pyrrole nitrogens is 4. The Morgan fingerprint density at radius 1 is 0.309 bits per heavy atom. The van der Waals surface area contributed by atoms with Gasteiger partial charge in [0.1, 0.15) is 140 Å². The first-order chi connectivity index (χ1) is 66.2. The van der Waals surface area contributed by atoms with E-state index in [9.17, 15) is 19.2 Å². The summed E-state index contributed by atoms with van der Waals surface area (Å²) in [6.45, 7) is 4.17. The Labute approximate surface area is 777 Å². The van der Waals surface area contributed by atoms with Crippen LogP contribution in [0.4, 0.5) is 23.3 Å². The first kappa shape index (κ1) is 80.6. The number of pyridine rings is 4. The second-order valence-corrected chi connectivity index (χ2v) is 37.1. The highest BCUT2D eigenvalue weighted by Crippen LogP contribution is 2.67. The molecule has 28 nitrogen and oxygen atoms in total. The third-order valence-corrected chi connectivity index (χ3v) is 28.6. The number of para-hydroxylation sites is 1. The summed E-state index contributed by atoms with van der Waals surface area (Å²) in [4.78, 5) is 97.5. The number of nitrogens with zero attached hydrogens (tertiary/aromatic N) is 8. The summed E-state index contributed by atoms with van der Waals surface area (Å²) in [7, 11) is 0. The van der Waals surface area contributed by atoms with Crippen LogP contribution < -0.4 is 59.2 Å². The summed E-state index contributed by atoms with van der Waals surface area (Å²) in [6, 6.07) is 65.1. The van der Waals surface area contributed by atoms with E-state index in [1.54, 1.807) is 24.8 Å². The second kappa shape index (κ2) is 31.5. The summed E-state index contributed by atoms with van der Waals surface area (Å²) in [5, 5.41) is 11.3. The van der Waals surface area contributed by atoms with E-state index in [0.29, 0.717) is 74.6 Å². The maximum atomic E-state index is 11.7. The smallest absolute Gasteiger partial charge is 0.225 e. The molecule has 672 valence electrons. The van der Waals surface area contributed by atoms with Crippen LogP contribution in [0.2, 0.25) is 0 Å². The topological polar surface area (TPSA) is 357 Å². The lowest BCUT2D eigenvalue weighted by Gasteiger charge is -2.19. The van der Waals surface area contributed by atoms with Gasteiger partial charge < -0.3 is 79.1 Å². The number of fused-ring (bicyclic) bond motifs is 21. The molecule has 12 unspecified atom stereocenters. The molecule has 0 bridgehead atoms. The van der Waals surface area contributed by atoms with Crippen molar-refractivity contribution in [2.45, 2.75) is 164 Å². The molecule has 30 rings (SSSR count). The highest BCUT2D eigenvalue weighted by atomic mass is 16.5. The molecule has 136 heavy (non-hydrogen) atoms. The summed E-state index contributed by atoms with van der Waals surface area (Å²) < 4.78 is 50.0. The van der Waals surface area contributed by atoms with Crippen LogP contribution in [0.15, 0.2) is 219 Å². The summed E-state index contributed by atoms with van der Waals surface area (Å²) in [5.74, 6) is 17.9. The van der Waals surface area contributed by atoms with Crippen LogP contribution in [-0.2, 0) is 57.7 Å². The minimum atomic E-state index is -0.0143. The Bertz CT molecular complexity index is 7880. The number of aromatic amines is 4. The zero-order chi connectivity index (χ0) is 89.7. The molecule has 0 saturated heterocycles. The fraction of sp³-hybridized carbons (Fsp3) is 0.241. The zero-order valence-corrected chi connectivity index (χ0v) is 73.0. The highest BCUT2D eigenvalue weighted by molar-refractivity contribution is 5.96. The molecule has 4 amide bonds. The SMILES string of the molecule is C.Cc1ccc2nc(C3C4Oc5ccc(Oc6ccnc7c6CCC(=O)N7)cc5C43)[nH]c2c1.Cc1cccc2[nH]c(C3C4Oc5ccc(Oc6ccnc7c6CCC(=O)N7)cc5C43)nc12.O=C1CCc2c(Oc3ccc4c(c3)C3C(O4)C3c3nc4cc5c(cc4[nH]3)CCC5)ccnc2N1.O=C1CCc2c(Oc3ccc4c(c3)C3C(O4)C3c3nc4ccc(-c5ccccc5)cc4[nH]3)ccnc2N1. The van der Waals surface area contributed by atoms with Crippen LogP contribution in [0.25, 0.3) is 55.3 Å². The number of carbonyl (C=O) groups excluding carboxylic acids is 4. The predicted octanol–water partition coefficient (Wildman–Crippen LogP) is 20.5. The molecule has 17 aromatic rings. The van der Waals surface area contributed by atoms with E-state index in [1.165, 1.54) is 51.8 Å². The zero-order valence-electron chi connectivity index (χ0n) is 73.0. The van der Waals surface area contributed by atoms with Crippen molar-refractivity contribution in [1.29, 1.82) is 0 Å². The average molecular weight is 1800 g/mol. The Balaban J connectivity index is 0.0000000940.